The molecule has 0 saturated carbocycles. The van der Waals surface area contributed by atoms with Gasteiger partial charge in [-0.1, -0.05) is 0 Å². The summed E-state index contributed by atoms with van der Waals surface area (Å²) < 4.78 is 0. The molecule has 0 fully saturated rings. The molecular formula is C26H21N3O2. The van der Waals surface area contributed by atoms with E-state index in [2.05, 4.69) is 5.32 Å². The molecule has 4 aromatic rings. The second-order valence-electron chi connectivity index (χ2n) is 7.18. The van der Waals surface area contributed by atoms with Crippen LogP contribution in [-0.2, 0) is 0 Å². The van der Waals surface area contributed by atoms with E-state index in [1.165, 1.54) is 0 Å². The lowest BCUT2D eigenvalue weighted by molar-refractivity contribution is 0.103. The maximum absolute atomic E-state index is 12.6. The Morgan fingerprint density at radius 2 is 0.710 bits per heavy atom. The Morgan fingerprint density at radius 1 is 0.452 bits per heavy atom. The molecule has 0 bridgehead atoms. The van der Waals surface area contributed by atoms with E-state index in [0.717, 1.165) is 11.4 Å². The lowest BCUT2D eigenvalue weighted by Crippen LogP contribution is -2.02. The van der Waals surface area contributed by atoms with Crippen LogP contribution in [0.3, 0.4) is 0 Å². The first-order valence-electron chi connectivity index (χ1n) is 9.77. The molecule has 0 saturated heterocycles. The van der Waals surface area contributed by atoms with Gasteiger partial charge in [0.1, 0.15) is 0 Å². The van der Waals surface area contributed by atoms with E-state index in [-0.39, 0.29) is 11.6 Å². The van der Waals surface area contributed by atoms with Crippen molar-refractivity contribution in [2.24, 2.45) is 0 Å². The molecule has 0 aliphatic rings. The van der Waals surface area contributed by atoms with Crippen LogP contribution in [0.15, 0.2) is 97.1 Å². The Kier molecular flexibility index (Phi) is 5.49. The fourth-order valence-corrected chi connectivity index (χ4v) is 3.18. The number of nitrogens with one attached hydrogen (secondary N) is 1. The van der Waals surface area contributed by atoms with Gasteiger partial charge in [-0.05, 0) is 97.1 Å². The highest BCUT2D eigenvalue weighted by Crippen LogP contribution is 2.21. The number of rotatable bonds is 6. The number of hydrogen-bond acceptors (Lipinski definition) is 5. The van der Waals surface area contributed by atoms with Gasteiger partial charge in [-0.3, -0.25) is 9.59 Å². The van der Waals surface area contributed by atoms with Gasteiger partial charge in [0.15, 0.2) is 11.6 Å². The van der Waals surface area contributed by atoms with Gasteiger partial charge in [0.25, 0.3) is 0 Å². The molecule has 4 aromatic carbocycles. The molecule has 0 heterocycles. The van der Waals surface area contributed by atoms with E-state index in [4.69, 9.17) is 11.5 Å². The van der Waals surface area contributed by atoms with Gasteiger partial charge in [0.2, 0.25) is 0 Å². The zero-order valence-corrected chi connectivity index (χ0v) is 16.7. The van der Waals surface area contributed by atoms with Gasteiger partial charge in [0, 0.05) is 45.0 Å². The summed E-state index contributed by atoms with van der Waals surface area (Å²) in [5.41, 5.74) is 16.7. The van der Waals surface area contributed by atoms with Crippen molar-refractivity contribution >= 4 is 34.3 Å². The smallest absolute Gasteiger partial charge is 0.193 e. The third-order valence-corrected chi connectivity index (χ3v) is 4.93. The highest BCUT2D eigenvalue weighted by Gasteiger charge is 2.10. The van der Waals surface area contributed by atoms with Crippen LogP contribution in [-0.4, -0.2) is 11.6 Å². The molecular weight excluding hydrogens is 386 g/mol. The monoisotopic (exact) mass is 407 g/mol. The average molecular weight is 407 g/mol. The molecule has 0 amide bonds. The highest BCUT2D eigenvalue weighted by atomic mass is 16.1. The number of ketones is 2. The first-order chi connectivity index (χ1) is 15.0. The molecule has 5 N–H and O–H groups in total. The van der Waals surface area contributed by atoms with Crippen molar-refractivity contribution in [2.45, 2.75) is 0 Å². The van der Waals surface area contributed by atoms with Crippen LogP contribution in [0.5, 0.6) is 0 Å². The van der Waals surface area contributed by atoms with E-state index >= 15 is 0 Å². The van der Waals surface area contributed by atoms with Gasteiger partial charge in [0.05, 0.1) is 0 Å². The van der Waals surface area contributed by atoms with Crippen molar-refractivity contribution in [1.29, 1.82) is 0 Å². The number of carbonyl (C=O) groups excluding carboxylic acids is 2. The number of nitrogens with two attached hydrogens (primary N) is 2. The first-order valence-corrected chi connectivity index (χ1v) is 9.77. The molecule has 152 valence electrons. The number of carbonyl (C=O) groups is 2. The minimum Gasteiger partial charge on any atom is -0.399 e. The van der Waals surface area contributed by atoms with Crippen LogP contribution in [0.1, 0.15) is 31.8 Å². The van der Waals surface area contributed by atoms with E-state index < -0.39 is 0 Å². The molecule has 4 rings (SSSR count). The molecule has 0 radical (unpaired) electrons. The van der Waals surface area contributed by atoms with Crippen LogP contribution in [0.4, 0.5) is 22.7 Å². The number of anilines is 4. The largest absolute Gasteiger partial charge is 0.399 e. The standard InChI is InChI=1S/C26H21N3O2/c27-21-9-1-17(2-10-21)25(30)19-5-13-23(14-6-19)29-24-15-7-20(8-16-24)26(31)18-3-11-22(28)12-4-18/h1-16,29H,27-28H2. The first kappa shape index (κ1) is 19.9. The van der Waals surface area contributed by atoms with Crippen molar-refractivity contribution in [3.8, 4) is 0 Å². The zero-order chi connectivity index (χ0) is 21.8. The summed E-state index contributed by atoms with van der Waals surface area (Å²) in [6.07, 6.45) is 0. The van der Waals surface area contributed by atoms with Crippen LogP contribution in [0.2, 0.25) is 0 Å². The maximum atomic E-state index is 12.6. The lowest BCUT2D eigenvalue weighted by Gasteiger charge is -2.09. The minimum absolute atomic E-state index is 0.0583. The van der Waals surface area contributed by atoms with Gasteiger partial charge in [-0.2, -0.15) is 0 Å². The molecule has 5 heteroatoms. The maximum Gasteiger partial charge on any atom is 0.193 e. The molecule has 0 aliphatic heterocycles. The second-order valence-corrected chi connectivity index (χ2v) is 7.18. The Balaban J connectivity index is 1.43. The SMILES string of the molecule is Nc1ccc(C(=O)c2ccc(Nc3ccc(C(=O)c4ccc(N)cc4)cc3)cc2)cc1. The highest BCUT2D eigenvalue weighted by molar-refractivity contribution is 6.10. The van der Waals surface area contributed by atoms with Crippen molar-refractivity contribution < 1.29 is 9.59 Å². The molecule has 0 atom stereocenters. The molecule has 5 nitrogen and oxygen atoms in total. The quantitative estimate of drug-likeness (QED) is 0.307. The summed E-state index contributed by atoms with van der Waals surface area (Å²) in [7, 11) is 0. The summed E-state index contributed by atoms with van der Waals surface area (Å²) >= 11 is 0. The van der Waals surface area contributed by atoms with E-state index in [1.807, 2.05) is 24.3 Å². The van der Waals surface area contributed by atoms with Crippen LogP contribution in [0.25, 0.3) is 0 Å². The van der Waals surface area contributed by atoms with E-state index in [1.54, 1.807) is 72.8 Å². The Morgan fingerprint density at radius 3 is 1.00 bits per heavy atom. The third kappa shape index (κ3) is 4.62. The fraction of sp³-hybridized carbons (Fsp3) is 0. The predicted octanol–water partition coefficient (Wildman–Crippen LogP) is 5.06. The fourth-order valence-electron chi connectivity index (χ4n) is 3.18. The zero-order valence-electron chi connectivity index (χ0n) is 16.7. The molecule has 0 unspecified atom stereocenters. The second kappa shape index (κ2) is 8.55. The summed E-state index contributed by atoms with van der Waals surface area (Å²) in [4.78, 5) is 25.1. The number of nitrogen functional groups attached to an aromatic ring is 2. The third-order valence-electron chi connectivity index (χ3n) is 4.93. The van der Waals surface area contributed by atoms with Crippen LogP contribution < -0.4 is 16.8 Å². The predicted molar refractivity (Wildman–Crippen MR) is 125 cm³/mol. The minimum atomic E-state index is -0.0583. The van der Waals surface area contributed by atoms with Crippen LogP contribution in [0, 0.1) is 0 Å². The normalized spacial score (nSPS) is 10.5. The summed E-state index contributed by atoms with van der Waals surface area (Å²) in [5, 5.41) is 3.28. The number of hydrogen-bond donors (Lipinski definition) is 3. The Bertz CT molecular complexity index is 1110. The van der Waals surface area contributed by atoms with Crippen molar-refractivity contribution in [3.63, 3.8) is 0 Å². The summed E-state index contributed by atoms with van der Waals surface area (Å²) in [5.74, 6) is -0.117. The lowest BCUT2D eigenvalue weighted by atomic mass is 10.0. The van der Waals surface area contributed by atoms with Gasteiger partial charge in [-0.25, -0.2) is 0 Å². The van der Waals surface area contributed by atoms with E-state index in [0.29, 0.717) is 33.6 Å². The average Bonchev–Trinajstić information content (AvgIpc) is 2.80. The van der Waals surface area contributed by atoms with Gasteiger partial charge >= 0.3 is 0 Å². The molecule has 0 spiro atoms. The molecule has 31 heavy (non-hydrogen) atoms. The van der Waals surface area contributed by atoms with Gasteiger partial charge < -0.3 is 16.8 Å². The molecule has 0 aliphatic carbocycles. The van der Waals surface area contributed by atoms with Gasteiger partial charge in [-0.15, -0.1) is 0 Å². The van der Waals surface area contributed by atoms with Crippen molar-refractivity contribution in [3.05, 3.63) is 119 Å². The Labute approximate surface area is 180 Å². The van der Waals surface area contributed by atoms with E-state index in [9.17, 15) is 9.59 Å². The summed E-state index contributed by atoms with van der Waals surface area (Å²) in [6, 6.07) is 28.2. The van der Waals surface area contributed by atoms with Crippen molar-refractivity contribution in [2.75, 3.05) is 16.8 Å². The van der Waals surface area contributed by atoms with Crippen LogP contribution >= 0.6 is 0 Å². The van der Waals surface area contributed by atoms with Crippen molar-refractivity contribution in [1.82, 2.24) is 0 Å². The Hall–Kier alpha value is -4.38. The number of benzene rings is 4. The summed E-state index contributed by atoms with van der Waals surface area (Å²) in [6.45, 7) is 0. The topological polar surface area (TPSA) is 98.2 Å². The molecule has 0 aromatic heterocycles.